The van der Waals surface area contributed by atoms with Crippen LogP contribution in [0, 0.1) is 17.7 Å². The van der Waals surface area contributed by atoms with Gasteiger partial charge in [-0.1, -0.05) is 32.3 Å². The van der Waals surface area contributed by atoms with Crippen LogP contribution >= 0.6 is 0 Å². The highest BCUT2D eigenvalue weighted by atomic mass is 19.1. The monoisotopic (exact) mass is 545 g/mol. The normalized spacial score (nSPS) is 15.9. The third-order valence-corrected chi connectivity index (χ3v) is 6.66. The van der Waals surface area contributed by atoms with E-state index in [2.05, 4.69) is 4.98 Å². The number of hydrogen-bond acceptors (Lipinski definition) is 9. The van der Waals surface area contributed by atoms with Crippen LogP contribution in [0.3, 0.4) is 0 Å². The van der Waals surface area contributed by atoms with Crippen molar-refractivity contribution in [1.29, 1.82) is 0 Å². The van der Waals surface area contributed by atoms with Crippen molar-refractivity contribution in [3.05, 3.63) is 48.0 Å². The Hall–Kier alpha value is -3.69. The zero-order valence-corrected chi connectivity index (χ0v) is 22.8. The van der Waals surface area contributed by atoms with Crippen molar-refractivity contribution < 1.29 is 42.5 Å². The van der Waals surface area contributed by atoms with E-state index in [-0.39, 0.29) is 29.5 Å². The molecule has 3 rings (SSSR count). The van der Waals surface area contributed by atoms with Gasteiger partial charge in [-0.05, 0) is 37.8 Å². The van der Waals surface area contributed by atoms with Crippen LogP contribution in [-0.4, -0.2) is 48.8 Å². The highest BCUT2D eigenvalue weighted by Crippen LogP contribution is 2.33. The van der Waals surface area contributed by atoms with Crippen LogP contribution in [0.15, 0.2) is 36.5 Å². The molecule has 0 aliphatic heterocycles. The van der Waals surface area contributed by atoms with Crippen molar-refractivity contribution in [2.24, 2.45) is 11.8 Å². The molecule has 1 aliphatic carbocycles. The summed E-state index contributed by atoms with van der Waals surface area (Å²) in [6.45, 7) is 4.15. The van der Waals surface area contributed by atoms with Gasteiger partial charge in [0.1, 0.15) is 23.8 Å². The molecule has 0 saturated heterocycles. The first-order valence-electron chi connectivity index (χ1n) is 13.1. The third-order valence-electron chi connectivity index (χ3n) is 6.66. The van der Waals surface area contributed by atoms with Crippen LogP contribution in [0.5, 0.6) is 17.2 Å². The fraction of sp³-hybridized carbons (Fsp3) is 0.517. The number of carbonyl (C=O) groups is 3. The van der Waals surface area contributed by atoms with Crippen LogP contribution in [-0.2, 0) is 19.1 Å². The summed E-state index contributed by atoms with van der Waals surface area (Å²) in [7, 11) is 1.40. The fourth-order valence-electron chi connectivity index (χ4n) is 4.66. The number of esters is 2. The van der Waals surface area contributed by atoms with E-state index < -0.39 is 48.5 Å². The average Bonchev–Trinajstić information content (AvgIpc) is 2.91. The Kier molecular flexibility index (Phi) is 11.1. The van der Waals surface area contributed by atoms with Gasteiger partial charge in [-0.3, -0.25) is 14.4 Å². The summed E-state index contributed by atoms with van der Waals surface area (Å²) >= 11 is 0. The minimum atomic E-state index is -0.796. The average molecular weight is 546 g/mol. The zero-order valence-electron chi connectivity index (χ0n) is 22.8. The number of rotatable bonds is 13. The summed E-state index contributed by atoms with van der Waals surface area (Å²) in [5.41, 5.74) is -0.0521. The second-order valence-electron chi connectivity index (χ2n) is 9.70. The molecule has 2 aromatic rings. The lowest BCUT2D eigenvalue weighted by Gasteiger charge is -2.34. The zero-order chi connectivity index (χ0) is 28.4. The molecule has 212 valence electrons. The van der Waals surface area contributed by atoms with Crippen LogP contribution in [0.1, 0.15) is 69.8 Å². The van der Waals surface area contributed by atoms with Gasteiger partial charge in [0, 0.05) is 31.7 Å². The molecule has 0 amide bonds. The van der Waals surface area contributed by atoms with E-state index >= 15 is 0 Å². The van der Waals surface area contributed by atoms with Crippen molar-refractivity contribution in [3.63, 3.8) is 0 Å². The van der Waals surface area contributed by atoms with Gasteiger partial charge in [-0.2, -0.15) is 0 Å². The summed E-state index contributed by atoms with van der Waals surface area (Å²) in [5.74, 6) is -2.01. The smallest absolute Gasteiger partial charge is 0.309 e. The number of hydrogen-bond donors (Lipinski definition) is 0. The molecule has 1 aromatic carbocycles. The maximum absolute atomic E-state index is 13.8. The molecule has 0 bridgehead atoms. The molecule has 1 fully saturated rings. The Morgan fingerprint density at radius 3 is 2.51 bits per heavy atom. The number of pyridine rings is 1. The van der Waals surface area contributed by atoms with E-state index in [0.29, 0.717) is 5.75 Å². The Balaban J connectivity index is 1.68. The standard InChI is InChI=1S/C29H36FNO8/c1-18(15-24(33)26-28(37-17-36-20(3)32)25(35-4)13-14-31-26)29(34)38-19(2)27(21-9-6-5-7-10-21)39-23-12-8-11-22(30)16-23/h8,11-14,16,18-19,21,27H,5-7,9-10,15,17H2,1-4H3/t18-,19+,27+/m1/s1. The molecule has 0 spiro atoms. The Morgan fingerprint density at radius 1 is 1.10 bits per heavy atom. The van der Waals surface area contributed by atoms with Gasteiger partial charge in [0.25, 0.3) is 0 Å². The molecule has 0 N–H and O–H groups in total. The first-order chi connectivity index (χ1) is 18.7. The number of carbonyl (C=O) groups excluding carboxylic acids is 3. The van der Waals surface area contributed by atoms with Gasteiger partial charge >= 0.3 is 11.9 Å². The summed E-state index contributed by atoms with van der Waals surface area (Å²) in [5, 5.41) is 0. The maximum atomic E-state index is 13.8. The first-order valence-corrected chi connectivity index (χ1v) is 13.1. The highest BCUT2D eigenvalue weighted by Gasteiger charge is 2.34. The number of ketones is 1. The van der Waals surface area contributed by atoms with Crippen LogP contribution in [0.25, 0.3) is 0 Å². The largest absolute Gasteiger partial charge is 0.493 e. The van der Waals surface area contributed by atoms with E-state index in [1.807, 2.05) is 0 Å². The Labute approximate surface area is 227 Å². The van der Waals surface area contributed by atoms with Gasteiger partial charge in [-0.15, -0.1) is 0 Å². The molecule has 10 heteroatoms. The van der Waals surface area contributed by atoms with Crippen LogP contribution in [0.4, 0.5) is 4.39 Å². The SMILES string of the molecule is COc1ccnc(C(=O)C[C@@H](C)C(=O)O[C@@H](C)[C@H](Oc2cccc(F)c2)C2CCCCC2)c1OCOC(C)=O. The number of ether oxygens (including phenoxy) is 5. The molecule has 1 aliphatic rings. The van der Waals surface area contributed by atoms with Gasteiger partial charge in [0.2, 0.25) is 6.79 Å². The predicted octanol–water partition coefficient (Wildman–Crippen LogP) is 5.30. The second-order valence-corrected chi connectivity index (χ2v) is 9.70. The summed E-state index contributed by atoms with van der Waals surface area (Å²) in [6, 6.07) is 7.41. The topological polar surface area (TPSA) is 110 Å². The molecule has 1 heterocycles. The van der Waals surface area contributed by atoms with Gasteiger partial charge in [-0.25, -0.2) is 9.37 Å². The van der Waals surface area contributed by atoms with E-state index in [0.717, 1.165) is 32.1 Å². The lowest BCUT2D eigenvalue weighted by Crippen LogP contribution is -2.41. The second kappa shape index (κ2) is 14.5. The van der Waals surface area contributed by atoms with E-state index in [1.165, 1.54) is 38.4 Å². The van der Waals surface area contributed by atoms with Gasteiger partial charge < -0.3 is 23.7 Å². The molecule has 1 saturated carbocycles. The Bertz CT molecular complexity index is 1130. The summed E-state index contributed by atoms with van der Waals surface area (Å²) in [6.07, 6.45) is 5.19. The molecular formula is C29H36FNO8. The molecule has 1 aromatic heterocycles. The predicted molar refractivity (Wildman–Crippen MR) is 139 cm³/mol. The van der Waals surface area contributed by atoms with E-state index in [4.69, 9.17) is 23.7 Å². The molecule has 9 nitrogen and oxygen atoms in total. The van der Waals surface area contributed by atoms with Crippen molar-refractivity contribution in [2.45, 2.75) is 71.5 Å². The van der Waals surface area contributed by atoms with Crippen molar-refractivity contribution >= 4 is 17.7 Å². The molecule has 0 radical (unpaired) electrons. The molecular weight excluding hydrogens is 509 g/mol. The lowest BCUT2D eigenvalue weighted by molar-refractivity contribution is -0.159. The molecule has 0 unspecified atom stereocenters. The van der Waals surface area contributed by atoms with E-state index in [1.54, 1.807) is 26.0 Å². The van der Waals surface area contributed by atoms with Crippen LogP contribution in [0.2, 0.25) is 0 Å². The van der Waals surface area contributed by atoms with Crippen molar-refractivity contribution in [2.75, 3.05) is 13.9 Å². The van der Waals surface area contributed by atoms with Gasteiger partial charge in [0.15, 0.2) is 23.0 Å². The first kappa shape index (κ1) is 29.9. The number of Topliss-reactive ketones (excluding diaryl/α,β-unsaturated/α-hetero) is 1. The van der Waals surface area contributed by atoms with Crippen molar-refractivity contribution in [1.82, 2.24) is 4.98 Å². The number of nitrogens with zero attached hydrogens (tertiary/aromatic N) is 1. The van der Waals surface area contributed by atoms with Gasteiger partial charge in [0.05, 0.1) is 13.0 Å². The minimum absolute atomic E-state index is 0.0149. The lowest BCUT2D eigenvalue weighted by atomic mass is 9.83. The van der Waals surface area contributed by atoms with Crippen molar-refractivity contribution in [3.8, 4) is 17.2 Å². The quantitative estimate of drug-likeness (QED) is 0.188. The minimum Gasteiger partial charge on any atom is -0.493 e. The summed E-state index contributed by atoms with van der Waals surface area (Å²) in [4.78, 5) is 41.3. The Morgan fingerprint density at radius 2 is 1.85 bits per heavy atom. The maximum Gasteiger partial charge on any atom is 0.309 e. The molecule has 3 atom stereocenters. The number of methoxy groups -OCH3 is 1. The number of benzene rings is 1. The highest BCUT2D eigenvalue weighted by molar-refractivity contribution is 5.99. The third kappa shape index (κ3) is 8.66. The molecule has 39 heavy (non-hydrogen) atoms. The number of halogens is 1. The number of aromatic nitrogens is 1. The van der Waals surface area contributed by atoms with Crippen LogP contribution < -0.4 is 14.2 Å². The summed E-state index contributed by atoms with van der Waals surface area (Å²) < 4.78 is 41.2. The fourth-order valence-corrected chi connectivity index (χ4v) is 4.66. The van der Waals surface area contributed by atoms with E-state index in [9.17, 15) is 18.8 Å².